The van der Waals surface area contributed by atoms with E-state index in [2.05, 4.69) is 6.92 Å². The molecule has 0 atom stereocenters. The van der Waals surface area contributed by atoms with Crippen LogP contribution in [0.25, 0.3) is 6.08 Å². The Labute approximate surface area is 173 Å². The Balaban J connectivity index is 1.82. The molecule has 0 N–H and O–H groups in total. The molecule has 2 aromatic carbocycles. The maximum atomic E-state index is 12.7. The highest BCUT2D eigenvalue weighted by molar-refractivity contribution is 8.19. The molecule has 0 unspecified atom stereocenters. The summed E-state index contributed by atoms with van der Waals surface area (Å²) in [6.07, 6.45) is 3.69. The standard InChI is InChI=1S/C21H20ClNO4S/c1-3-4-11-27-17-10-5-14(12-18(17)26-2)13-19-20(24)23(21(25)28-19)16-8-6-15(22)7-9-16/h5-10,12-13H,3-4,11H2,1-2H3/b19-13-. The maximum Gasteiger partial charge on any atom is 0.298 e. The Hall–Kier alpha value is -2.44. The van der Waals surface area contributed by atoms with Crippen molar-refractivity contribution in [2.24, 2.45) is 0 Å². The van der Waals surface area contributed by atoms with Crippen LogP contribution in [0, 0.1) is 0 Å². The van der Waals surface area contributed by atoms with Gasteiger partial charge in [-0.2, -0.15) is 0 Å². The Bertz CT molecular complexity index is 911. The van der Waals surface area contributed by atoms with Crippen molar-refractivity contribution in [1.29, 1.82) is 0 Å². The maximum absolute atomic E-state index is 12.7. The van der Waals surface area contributed by atoms with E-state index < -0.39 is 0 Å². The highest BCUT2D eigenvalue weighted by Crippen LogP contribution is 2.37. The second kappa shape index (κ2) is 9.17. The van der Waals surface area contributed by atoms with Crippen LogP contribution in [0.1, 0.15) is 25.3 Å². The van der Waals surface area contributed by atoms with Crippen LogP contribution in [0.5, 0.6) is 11.5 Å². The summed E-state index contributed by atoms with van der Waals surface area (Å²) in [6.45, 7) is 2.72. The molecule has 1 fully saturated rings. The molecule has 1 aliphatic heterocycles. The first-order valence-electron chi connectivity index (χ1n) is 8.88. The summed E-state index contributed by atoms with van der Waals surface area (Å²) >= 11 is 6.78. The number of carbonyl (C=O) groups is 2. The Morgan fingerprint density at radius 1 is 1.11 bits per heavy atom. The van der Waals surface area contributed by atoms with E-state index in [0.29, 0.717) is 33.7 Å². The van der Waals surface area contributed by atoms with Gasteiger partial charge < -0.3 is 9.47 Å². The number of rotatable bonds is 7. The number of benzene rings is 2. The molecule has 1 saturated heterocycles. The quantitative estimate of drug-likeness (QED) is 0.423. The summed E-state index contributed by atoms with van der Waals surface area (Å²) in [5, 5.41) is 0.199. The summed E-state index contributed by atoms with van der Waals surface area (Å²) in [7, 11) is 1.57. The van der Waals surface area contributed by atoms with E-state index in [1.807, 2.05) is 12.1 Å². The van der Waals surface area contributed by atoms with Crippen LogP contribution < -0.4 is 14.4 Å². The topological polar surface area (TPSA) is 55.8 Å². The molecule has 7 heteroatoms. The number of halogens is 1. The van der Waals surface area contributed by atoms with Crippen molar-refractivity contribution in [1.82, 2.24) is 0 Å². The Kier molecular flexibility index (Phi) is 6.65. The summed E-state index contributed by atoms with van der Waals surface area (Å²) < 4.78 is 11.1. The van der Waals surface area contributed by atoms with Gasteiger partial charge in [-0.15, -0.1) is 0 Å². The number of unbranched alkanes of at least 4 members (excludes halogenated alkanes) is 1. The van der Waals surface area contributed by atoms with Crippen LogP contribution in [0.3, 0.4) is 0 Å². The van der Waals surface area contributed by atoms with Gasteiger partial charge in [-0.05, 0) is 66.2 Å². The number of methoxy groups -OCH3 is 1. The second-order valence-electron chi connectivity index (χ2n) is 6.11. The number of carbonyl (C=O) groups excluding carboxylic acids is 2. The molecule has 0 aromatic heterocycles. The smallest absolute Gasteiger partial charge is 0.298 e. The minimum Gasteiger partial charge on any atom is -0.493 e. The van der Waals surface area contributed by atoms with Crippen molar-refractivity contribution in [2.45, 2.75) is 19.8 Å². The zero-order chi connectivity index (χ0) is 20.1. The van der Waals surface area contributed by atoms with Crippen molar-refractivity contribution in [2.75, 3.05) is 18.6 Å². The fourth-order valence-corrected chi connectivity index (χ4v) is 3.62. The molecule has 0 bridgehead atoms. The fraction of sp³-hybridized carbons (Fsp3) is 0.238. The first-order valence-corrected chi connectivity index (χ1v) is 10.1. The van der Waals surface area contributed by atoms with Gasteiger partial charge in [0.05, 0.1) is 24.3 Å². The van der Waals surface area contributed by atoms with E-state index in [9.17, 15) is 9.59 Å². The average molecular weight is 418 g/mol. The lowest BCUT2D eigenvalue weighted by atomic mass is 10.1. The van der Waals surface area contributed by atoms with Crippen LogP contribution in [-0.4, -0.2) is 24.9 Å². The molecule has 2 aromatic rings. The van der Waals surface area contributed by atoms with E-state index >= 15 is 0 Å². The lowest BCUT2D eigenvalue weighted by Gasteiger charge is -2.12. The SMILES string of the molecule is CCCCOc1ccc(/C=C2\SC(=O)N(c3ccc(Cl)cc3)C2=O)cc1OC. The molecular formula is C21H20ClNO4S. The molecule has 0 saturated carbocycles. The molecule has 1 aliphatic rings. The van der Waals surface area contributed by atoms with Crippen LogP contribution in [0.2, 0.25) is 5.02 Å². The second-order valence-corrected chi connectivity index (χ2v) is 7.54. The average Bonchev–Trinajstić information content (AvgIpc) is 2.97. The van der Waals surface area contributed by atoms with Crippen molar-refractivity contribution < 1.29 is 19.1 Å². The zero-order valence-corrected chi connectivity index (χ0v) is 17.2. The van der Waals surface area contributed by atoms with Crippen LogP contribution in [0.4, 0.5) is 10.5 Å². The number of ether oxygens (including phenoxy) is 2. The molecular weight excluding hydrogens is 398 g/mol. The summed E-state index contributed by atoms with van der Waals surface area (Å²) in [5.41, 5.74) is 1.24. The van der Waals surface area contributed by atoms with Gasteiger partial charge in [0.1, 0.15) is 0 Å². The van der Waals surface area contributed by atoms with E-state index in [1.54, 1.807) is 43.5 Å². The van der Waals surface area contributed by atoms with Gasteiger partial charge in [-0.3, -0.25) is 9.59 Å². The van der Waals surface area contributed by atoms with Crippen molar-refractivity contribution in [3.05, 3.63) is 58.0 Å². The normalized spacial score (nSPS) is 15.4. The molecule has 3 rings (SSSR count). The van der Waals surface area contributed by atoms with Crippen LogP contribution in [-0.2, 0) is 4.79 Å². The number of hydrogen-bond acceptors (Lipinski definition) is 5. The number of amides is 2. The summed E-state index contributed by atoms with van der Waals surface area (Å²) in [5.74, 6) is 0.878. The predicted molar refractivity (Wildman–Crippen MR) is 113 cm³/mol. The van der Waals surface area contributed by atoms with E-state index in [-0.39, 0.29) is 11.1 Å². The van der Waals surface area contributed by atoms with Gasteiger partial charge in [0.15, 0.2) is 11.5 Å². The van der Waals surface area contributed by atoms with Gasteiger partial charge in [0.25, 0.3) is 11.1 Å². The lowest BCUT2D eigenvalue weighted by molar-refractivity contribution is -0.113. The number of anilines is 1. The Morgan fingerprint density at radius 2 is 1.86 bits per heavy atom. The number of hydrogen-bond donors (Lipinski definition) is 0. The van der Waals surface area contributed by atoms with Gasteiger partial charge >= 0.3 is 0 Å². The molecule has 0 aliphatic carbocycles. The van der Waals surface area contributed by atoms with Crippen LogP contribution in [0.15, 0.2) is 47.4 Å². The summed E-state index contributed by atoms with van der Waals surface area (Å²) in [4.78, 5) is 26.6. The van der Waals surface area contributed by atoms with Gasteiger partial charge in [0.2, 0.25) is 0 Å². The Morgan fingerprint density at radius 3 is 2.54 bits per heavy atom. The van der Waals surface area contributed by atoms with Crippen molar-refractivity contribution in [3.8, 4) is 11.5 Å². The zero-order valence-electron chi connectivity index (χ0n) is 15.6. The fourth-order valence-electron chi connectivity index (χ4n) is 2.65. The minimum atomic E-state index is -0.362. The third-order valence-corrected chi connectivity index (χ3v) is 5.24. The molecule has 0 spiro atoms. The number of imide groups is 1. The first kappa shape index (κ1) is 20.3. The van der Waals surface area contributed by atoms with Gasteiger partial charge in [-0.25, -0.2) is 4.90 Å². The van der Waals surface area contributed by atoms with Crippen molar-refractivity contribution >= 4 is 46.3 Å². The summed E-state index contributed by atoms with van der Waals surface area (Å²) in [6, 6.07) is 12.0. The molecule has 1 heterocycles. The van der Waals surface area contributed by atoms with E-state index in [1.165, 1.54) is 0 Å². The largest absolute Gasteiger partial charge is 0.493 e. The molecule has 28 heavy (non-hydrogen) atoms. The third kappa shape index (κ3) is 4.51. The van der Waals surface area contributed by atoms with E-state index in [4.69, 9.17) is 21.1 Å². The van der Waals surface area contributed by atoms with Gasteiger partial charge in [0, 0.05) is 5.02 Å². The monoisotopic (exact) mass is 417 g/mol. The molecule has 146 valence electrons. The molecule has 2 amide bonds. The van der Waals surface area contributed by atoms with Gasteiger partial charge in [-0.1, -0.05) is 31.0 Å². The predicted octanol–water partition coefficient (Wildman–Crippen LogP) is 5.77. The minimum absolute atomic E-state index is 0.343. The third-order valence-electron chi connectivity index (χ3n) is 4.12. The van der Waals surface area contributed by atoms with E-state index in [0.717, 1.165) is 35.1 Å². The molecule has 5 nitrogen and oxygen atoms in total. The highest BCUT2D eigenvalue weighted by Gasteiger charge is 2.36. The first-order chi connectivity index (χ1) is 13.5. The van der Waals surface area contributed by atoms with Crippen molar-refractivity contribution in [3.63, 3.8) is 0 Å². The lowest BCUT2D eigenvalue weighted by Crippen LogP contribution is -2.27. The van der Waals surface area contributed by atoms with Crippen LogP contribution >= 0.6 is 23.4 Å². The molecule has 0 radical (unpaired) electrons. The number of thioether (sulfide) groups is 1. The number of nitrogens with zero attached hydrogens (tertiary/aromatic N) is 1. The highest BCUT2D eigenvalue weighted by atomic mass is 35.5.